The number of halogens is 1. The Kier molecular flexibility index (Phi) is 5.43. The van der Waals surface area contributed by atoms with Crippen molar-refractivity contribution < 1.29 is 5.21 Å². The van der Waals surface area contributed by atoms with Crippen LogP contribution in [0.15, 0.2) is 63.3 Å². The molecule has 0 spiro atoms. The maximum atomic E-state index is 8.76. The molecule has 0 saturated heterocycles. The van der Waals surface area contributed by atoms with E-state index in [1.165, 1.54) is 0 Å². The highest BCUT2D eigenvalue weighted by Crippen LogP contribution is 2.36. The summed E-state index contributed by atoms with van der Waals surface area (Å²) in [5, 5.41) is 12.8. The average Bonchev–Trinajstić information content (AvgIpc) is 2.49. The van der Waals surface area contributed by atoms with Gasteiger partial charge in [0, 0.05) is 22.3 Å². The van der Waals surface area contributed by atoms with Gasteiger partial charge in [-0.2, -0.15) is 0 Å². The Morgan fingerprint density at radius 1 is 1.30 bits per heavy atom. The summed E-state index contributed by atoms with van der Waals surface area (Å²) in [4.78, 5) is 4.35. The lowest BCUT2D eigenvalue weighted by Gasteiger charge is -2.15. The van der Waals surface area contributed by atoms with Crippen LogP contribution in [0.4, 0.5) is 0 Å². The van der Waals surface area contributed by atoms with E-state index in [-0.39, 0.29) is 11.1 Å². The molecule has 0 aliphatic heterocycles. The fraction of sp³-hybridized carbons (Fsp3) is 0.143. The van der Waals surface area contributed by atoms with Gasteiger partial charge in [0.05, 0.1) is 5.03 Å². The first-order valence-corrected chi connectivity index (χ1v) is 7.66. The summed E-state index contributed by atoms with van der Waals surface area (Å²) in [7, 11) is 0. The summed E-state index contributed by atoms with van der Waals surface area (Å²) < 4.78 is 0.939. The smallest absolute Gasteiger partial charge is 0.140 e. The van der Waals surface area contributed by atoms with E-state index in [1.54, 1.807) is 18.0 Å². The highest BCUT2D eigenvalue weighted by Gasteiger charge is 2.16. The van der Waals surface area contributed by atoms with Crippen LogP contribution in [0, 0.1) is 0 Å². The monoisotopic (exact) mass is 351 g/mol. The SMILES string of the molecule is NC(CC(Sc1ccc(Br)cn1)c1ccccc1)=NO. The van der Waals surface area contributed by atoms with Crippen molar-refractivity contribution in [2.45, 2.75) is 16.7 Å². The predicted octanol–water partition coefficient (Wildman–Crippen LogP) is 3.81. The number of rotatable bonds is 5. The quantitative estimate of drug-likeness (QED) is 0.282. The van der Waals surface area contributed by atoms with Gasteiger partial charge in [-0.25, -0.2) is 4.98 Å². The zero-order valence-corrected chi connectivity index (χ0v) is 13.0. The molecule has 1 unspecified atom stereocenters. The van der Waals surface area contributed by atoms with Crippen LogP contribution in [0.2, 0.25) is 0 Å². The highest BCUT2D eigenvalue weighted by atomic mass is 79.9. The molecule has 1 atom stereocenters. The lowest BCUT2D eigenvalue weighted by Crippen LogP contribution is -2.14. The molecule has 0 bridgehead atoms. The summed E-state index contributed by atoms with van der Waals surface area (Å²) in [5.74, 6) is 0.212. The zero-order chi connectivity index (χ0) is 14.4. The van der Waals surface area contributed by atoms with E-state index in [2.05, 4.69) is 26.1 Å². The van der Waals surface area contributed by atoms with Gasteiger partial charge in [-0.1, -0.05) is 47.2 Å². The number of amidine groups is 1. The van der Waals surface area contributed by atoms with Crippen molar-refractivity contribution in [3.8, 4) is 0 Å². The third kappa shape index (κ3) is 4.25. The van der Waals surface area contributed by atoms with E-state index in [0.29, 0.717) is 6.42 Å². The second-order valence-electron chi connectivity index (χ2n) is 4.13. The van der Waals surface area contributed by atoms with Crippen molar-refractivity contribution >= 4 is 33.5 Å². The van der Waals surface area contributed by atoms with E-state index in [9.17, 15) is 0 Å². The third-order valence-electron chi connectivity index (χ3n) is 2.66. The van der Waals surface area contributed by atoms with Gasteiger partial charge in [-0.3, -0.25) is 0 Å². The Morgan fingerprint density at radius 3 is 2.65 bits per heavy atom. The van der Waals surface area contributed by atoms with E-state index < -0.39 is 0 Å². The van der Waals surface area contributed by atoms with Gasteiger partial charge in [0.15, 0.2) is 0 Å². The van der Waals surface area contributed by atoms with Gasteiger partial charge >= 0.3 is 0 Å². The molecule has 0 amide bonds. The van der Waals surface area contributed by atoms with Crippen molar-refractivity contribution in [1.29, 1.82) is 0 Å². The van der Waals surface area contributed by atoms with Crippen molar-refractivity contribution in [2.75, 3.05) is 0 Å². The normalized spacial score (nSPS) is 13.2. The van der Waals surface area contributed by atoms with Crippen LogP contribution in [-0.4, -0.2) is 16.0 Å². The topological polar surface area (TPSA) is 71.5 Å². The van der Waals surface area contributed by atoms with Crippen LogP contribution in [0.1, 0.15) is 17.2 Å². The molecule has 2 rings (SSSR count). The molecular formula is C14H14BrN3OS. The maximum Gasteiger partial charge on any atom is 0.140 e. The number of thioether (sulfide) groups is 1. The Morgan fingerprint density at radius 2 is 2.05 bits per heavy atom. The van der Waals surface area contributed by atoms with Crippen LogP contribution >= 0.6 is 27.7 Å². The molecule has 0 saturated carbocycles. The molecule has 1 aromatic heterocycles. The van der Waals surface area contributed by atoms with Gasteiger partial charge in [-0.05, 0) is 33.6 Å². The molecule has 0 fully saturated rings. The van der Waals surface area contributed by atoms with Gasteiger partial charge in [0.1, 0.15) is 5.84 Å². The Labute approximate surface area is 130 Å². The minimum absolute atomic E-state index is 0.0563. The number of oxime groups is 1. The summed E-state index contributed by atoms with van der Waals surface area (Å²) >= 11 is 4.95. The van der Waals surface area contributed by atoms with Gasteiger partial charge in [-0.15, -0.1) is 0 Å². The number of nitrogens with zero attached hydrogens (tertiary/aromatic N) is 2. The van der Waals surface area contributed by atoms with E-state index in [4.69, 9.17) is 10.9 Å². The Hall–Kier alpha value is -1.53. The minimum atomic E-state index is 0.0563. The maximum absolute atomic E-state index is 8.76. The second kappa shape index (κ2) is 7.31. The lowest BCUT2D eigenvalue weighted by molar-refractivity contribution is 0.317. The largest absolute Gasteiger partial charge is 0.409 e. The molecule has 1 heterocycles. The molecule has 6 heteroatoms. The van der Waals surface area contributed by atoms with Crippen LogP contribution in [0.25, 0.3) is 0 Å². The summed E-state index contributed by atoms with van der Waals surface area (Å²) in [6.45, 7) is 0. The standard InChI is InChI=1S/C14H14BrN3OS/c15-11-6-7-14(17-9-11)20-12(8-13(16)18-19)10-4-2-1-3-5-10/h1-7,9,12,19H,8H2,(H2,16,18). The zero-order valence-electron chi connectivity index (χ0n) is 10.6. The number of benzene rings is 1. The number of aromatic nitrogens is 1. The minimum Gasteiger partial charge on any atom is -0.409 e. The molecule has 0 aliphatic carbocycles. The molecule has 3 N–H and O–H groups in total. The van der Waals surface area contributed by atoms with Crippen molar-refractivity contribution in [3.63, 3.8) is 0 Å². The van der Waals surface area contributed by atoms with Crippen molar-refractivity contribution in [1.82, 2.24) is 4.98 Å². The molecule has 20 heavy (non-hydrogen) atoms. The molecule has 4 nitrogen and oxygen atoms in total. The molecular weight excluding hydrogens is 338 g/mol. The Bertz CT molecular complexity index is 575. The van der Waals surface area contributed by atoms with Crippen LogP contribution in [-0.2, 0) is 0 Å². The molecule has 2 aromatic rings. The first-order chi connectivity index (χ1) is 9.69. The summed E-state index contributed by atoms with van der Waals surface area (Å²) in [6, 6.07) is 13.9. The van der Waals surface area contributed by atoms with Gasteiger partial charge in [0.25, 0.3) is 0 Å². The number of pyridine rings is 1. The van der Waals surface area contributed by atoms with Crippen LogP contribution in [0.5, 0.6) is 0 Å². The fourth-order valence-electron chi connectivity index (χ4n) is 1.70. The third-order valence-corrected chi connectivity index (χ3v) is 4.33. The number of nitrogens with two attached hydrogens (primary N) is 1. The van der Waals surface area contributed by atoms with Crippen LogP contribution < -0.4 is 5.73 Å². The van der Waals surface area contributed by atoms with Crippen molar-refractivity contribution in [2.24, 2.45) is 10.9 Å². The Balaban J connectivity index is 2.20. The van der Waals surface area contributed by atoms with E-state index in [1.807, 2.05) is 42.5 Å². The second-order valence-corrected chi connectivity index (χ2v) is 6.27. The highest BCUT2D eigenvalue weighted by molar-refractivity contribution is 9.10. The van der Waals surface area contributed by atoms with Gasteiger partial charge < -0.3 is 10.9 Å². The van der Waals surface area contributed by atoms with E-state index >= 15 is 0 Å². The predicted molar refractivity (Wildman–Crippen MR) is 85.0 cm³/mol. The summed E-state index contributed by atoms with van der Waals surface area (Å²) in [6.07, 6.45) is 2.22. The number of hydrogen-bond donors (Lipinski definition) is 2. The molecule has 0 radical (unpaired) electrons. The molecule has 1 aromatic carbocycles. The lowest BCUT2D eigenvalue weighted by atomic mass is 10.1. The number of hydrogen-bond acceptors (Lipinski definition) is 4. The van der Waals surface area contributed by atoms with Crippen LogP contribution in [0.3, 0.4) is 0 Å². The van der Waals surface area contributed by atoms with Crippen molar-refractivity contribution in [3.05, 3.63) is 58.7 Å². The van der Waals surface area contributed by atoms with E-state index in [0.717, 1.165) is 15.1 Å². The molecule has 0 aliphatic rings. The summed E-state index contributed by atoms with van der Waals surface area (Å²) in [5.41, 5.74) is 6.77. The molecule has 104 valence electrons. The van der Waals surface area contributed by atoms with Gasteiger partial charge in [0.2, 0.25) is 0 Å². The fourth-order valence-corrected chi connectivity index (χ4v) is 3.04. The first-order valence-electron chi connectivity index (χ1n) is 5.98. The first kappa shape index (κ1) is 14.9. The average molecular weight is 352 g/mol.